The molecule has 120 valence electrons. The van der Waals surface area contributed by atoms with Crippen molar-refractivity contribution < 1.29 is 4.79 Å². The van der Waals surface area contributed by atoms with Gasteiger partial charge in [0.2, 0.25) is 0 Å². The van der Waals surface area contributed by atoms with Crippen molar-refractivity contribution >= 4 is 5.78 Å². The molecule has 0 radical (unpaired) electrons. The highest BCUT2D eigenvalue weighted by Crippen LogP contribution is 2.46. The highest BCUT2D eigenvalue weighted by Gasteiger charge is 2.48. The molecule has 0 N–H and O–H groups in total. The third-order valence-corrected chi connectivity index (χ3v) is 6.02. The Morgan fingerprint density at radius 3 is 2.50 bits per heavy atom. The monoisotopic (exact) mass is 299 g/mol. The third-order valence-electron chi connectivity index (χ3n) is 6.02. The molecular weight excluding hydrogens is 270 g/mol. The number of carbonyl (C=O) groups is 1. The third kappa shape index (κ3) is 2.62. The fourth-order valence-electron chi connectivity index (χ4n) is 4.61. The van der Waals surface area contributed by atoms with Crippen molar-refractivity contribution in [1.29, 1.82) is 0 Å². The molecule has 0 amide bonds. The zero-order valence-corrected chi connectivity index (χ0v) is 14.4. The molecule has 2 bridgehead atoms. The van der Waals surface area contributed by atoms with Crippen LogP contribution in [0.3, 0.4) is 0 Å². The number of carbonyl (C=O) groups excluding carboxylic acids is 1. The Balaban J connectivity index is 1.91. The van der Waals surface area contributed by atoms with E-state index in [2.05, 4.69) is 50.1 Å². The normalized spacial score (nSPS) is 31.7. The number of ketones is 1. The van der Waals surface area contributed by atoms with E-state index in [1.807, 2.05) is 6.92 Å². The van der Waals surface area contributed by atoms with E-state index in [0.29, 0.717) is 36.1 Å². The summed E-state index contributed by atoms with van der Waals surface area (Å²) in [5.74, 6) is 1.63. The van der Waals surface area contributed by atoms with Gasteiger partial charge in [-0.05, 0) is 49.3 Å². The quantitative estimate of drug-likeness (QED) is 0.823. The minimum atomic E-state index is 0.193. The smallest absolute Gasteiger partial charge is 0.137 e. The van der Waals surface area contributed by atoms with Crippen molar-refractivity contribution in [2.75, 3.05) is 7.05 Å². The molecular formula is C20H29NO. The zero-order valence-electron chi connectivity index (χ0n) is 14.4. The molecule has 2 aliphatic heterocycles. The molecule has 2 heterocycles. The molecule has 2 nitrogen and oxygen atoms in total. The van der Waals surface area contributed by atoms with E-state index in [9.17, 15) is 4.79 Å². The van der Waals surface area contributed by atoms with Crippen LogP contribution in [0.1, 0.15) is 69.4 Å². The molecule has 4 atom stereocenters. The summed E-state index contributed by atoms with van der Waals surface area (Å²) < 4.78 is 0. The fourth-order valence-corrected chi connectivity index (χ4v) is 4.61. The van der Waals surface area contributed by atoms with Crippen molar-refractivity contribution in [2.45, 2.75) is 70.4 Å². The number of fused-ring (bicyclic) bond motifs is 2. The number of nitrogens with zero attached hydrogens (tertiary/aromatic N) is 1. The largest absolute Gasteiger partial charge is 0.300 e. The van der Waals surface area contributed by atoms with E-state index in [4.69, 9.17) is 0 Å². The lowest BCUT2D eigenvalue weighted by molar-refractivity contribution is -0.126. The zero-order chi connectivity index (χ0) is 15.9. The minimum Gasteiger partial charge on any atom is -0.300 e. The molecule has 2 aliphatic rings. The molecule has 22 heavy (non-hydrogen) atoms. The highest BCUT2D eigenvalue weighted by atomic mass is 16.1. The van der Waals surface area contributed by atoms with Gasteiger partial charge in [-0.25, -0.2) is 0 Å². The molecule has 0 saturated carbocycles. The Labute approximate surface area is 134 Å². The Morgan fingerprint density at radius 2 is 1.91 bits per heavy atom. The summed E-state index contributed by atoms with van der Waals surface area (Å²) in [7, 11) is 2.22. The maximum Gasteiger partial charge on any atom is 0.137 e. The van der Waals surface area contributed by atoms with E-state index in [1.165, 1.54) is 24.0 Å². The van der Waals surface area contributed by atoms with Gasteiger partial charge in [0.25, 0.3) is 0 Å². The average molecular weight is 299 g/mol. The van der Waals surface area contributed by atoms with Crippen LogP contribution in [0.2, 0.25) is 0 Å². The molecule has 0 aliphatic carbocycles. The Hall–Kier alpha value is -1.15. The maximum absolute atomic E-state index is 12.6. The van der Waals surface area contributed by atoms with Crippen LogP contribution in [-0.2, 0) is 4.79 Å². The maximum atomic E-state index is 12.6. The Bertz CT molecular complexity index is 533. The molecule has 1 aromatic rings. The van der Waals surface area contributed by atoms with Gasteiger partial charge in [-0.15, -0.1) is 0 Å². The Kier molecular flexibility index (Phi) is 4.40. The summed E-state index contributed by atoms with van der Waals surface area (Å²) in [4.78, 5) is 15.1. The highest BCUT2D eigenvalue weighted by molar-refractivity contribution is 5.82. The molecule has 2 fully saturated rings. The van der Waals surface area contributed by atoms with E-state index >= 15 is 0 Å². The first-order valence-electron chi connectivity index (χ1n) is 8.87. The van der Waals surface area contributed by atoms with Crippen LogP contribution in [0.4, 0.5) is 0 Å². The second-order valence-electron chi connectivity index (χ2n) is 7.47. The summed E-state index contributed by atoms with van der Waals surface area (Å²) >= 11 is 0. The molecule has 2 heteroatoms. The number of Topliss-reactive ketones (excluding diaryl/α,β-unsaturated/α-hetero) is 1. The van der Waals surface area contributed by atoms with Gasteiger partial charge >= 0.3 is 0 Å². The lowest BCUT2D eigenvalue weighted by Gasteiger charge is -2.42. The van der Waals surface area contributed by atoms with E-state index < -0.39 is 0 Å². The lowest BCUT2D eigenvalue weighted by Crippen LogP contribution is -2.48. The SMILES string of the molecule is CCC(=O)[C@H]1[C@@H](c2ccc(C(C)C)cc2)C[C@@H]2CC[C@H]1N2C. The Morgan fingerprint density at radius 1 is 1.23 bits per heavy atom. The van der Waals surface area contributed by atoms with Gasteiger partial charge in [0.1, 0.15) is 5.78 Å². The minimum absolute atomic E-state index is 0.193. The van der Waals surface area contributed by atoms with Crippen LogP contribution in [0.15, 0.2) is 24.3 Å². The first kappa shape index (κ1) is 15.7. The van der Waals surface area contributed by atoms with Crippen LogP contribution in [0, 0.1) is 5.92 Å². The van der Waals surface area contributed by atoms with Gasteiger partial charge in [-0.3, -0.25) is 9.69 Å². The standard InChI is InChI=1S/C20H29NO/c1-5-19(22)20-17(12-16-10-11-18(20)21(16)4)15-8-6-14(7-9-15)13(2)3/h6-9,13,16-18,20H,5,10-12H2,1-4H3/t16-,17+,18+,20-/m0/s1. The lowest BCUT2D eigenvalue weighted by atomic mass is 9.73. The van der Waals surface area contributed by atoms with Gasteiger partial charge in [0, 0.05) is 24.4 Å². The van der Waals surface area contributed by atoms with Crippen LogP contribution in [-0.4, -0.2) is 29.8 Å². The number of rotatable bonds is 4. The van der Waals surface area contributed by atoms with Gasteiger partial charge in [-0.1, -0.05) is 45.0 Å². The summed E-state index contributed by atoms with van der Waals surface area (Å²) in [6.45, 7) is 6.48. The van der Waals surface area contributed by atoms with E-state index in [1.54, 1.807) is 0 Å². The number of piperidine rings is 1. The topological polar surface area (TPSA) is 20.3 Å². The van der Waals surface area contributed by atoms with Crippen molar-refractivity contribution in [1.82, 2.24) is 4.90 Å². The number of hydrogen-bond donors (Lipinski definition) is 0. The number of hydrogen-bond acceptors (Lipinski definition) is 2. The summed E-state index contributed by atoms with van der Waals surface area (Å²) in [5, 5.41) is 0. The van der Waals surface area contributed by atoms with E-state index in [0.717, 1.165) is 6.42 Å². The predicted molar refractivity (Wildman–Crippen MR) is 91.3 cm³/mol. The second kappa shape index (κ2) is 6.16. The van der Waals surface area contributed by atoms with Gasteiger partial charge < -0.3 is 0 Å². The second-order valence-corrected chi connectivity index (χ2v) is 7.47. The fraction of sp³-hybridized carbons (Fsp3) is 0.650. The molecule has 0 spiro atoms. The van der Waals surface area contributed by atoms with Crippen LogP contribution >= 0.6 is 0 Å². The molecule has 0 unspecified atom stereocenters. The first-order valence-corrected chi connectivity index (χ1v) is 8.87. The van der Waals surface area contributed by atoms with Gasteiger partial charge in [0.05, 0.1) is 0 Å². The summed E-state index contributed by atoms with van der Waals surface area (Å²) in [6.07, 6.45) is 4.26. The molecule has 0 aromatic heterocycles. The summed E-state index contributed by atoms with van der Waals surface area (Å²) in [6, 6.07) is 10.2. The van der Waals surface area contributed by atoms with Crippen LogP contribution in [0.5, 0.6) is 0 Å². The van der Waals surface area contributed by atoms with Crippen molar-refractivity contribution in [2.24, 2.45) is 5.92 Å². The van der Waals surface area contributed by atoms with Crippen molar-refractivity contribution in [3.63, 3.8) is 0 Å². The average Bonchev–Trinajstić information content (AvgIpc) is 2.76. The van der Waals surface area contributed by atoms with Crippen molar-refractivity contribution in [3.8, 4) is 0 Å². The number of benzene rings is 1. The summed E-state index contributed by atoms with van der Waals surface area (Å²) in [5.41, 5.74) is 2.76. The van der Waals surface area contributed by atoms with Crippen LogP contribution in [0.25, 0.3) is 0 Å². The van der Waals surface area contributed by atoms with Crippen LogP contribution < -0.4 is 0 Å². The van der Waals surface area contributed by atoms with Crippen molar-refractivity contribution in [3.05, 3.63) is 35.4 Å². The van der Waals surface area contributed by atoms with Gasteiger partial charge in [0.15, 0.2) is 0 Å². The first-order chi connectivity index (χ1) is 10.5. The van der Waals surface area contributed by atoms with Gasteiger partial charge in [-0.2, -0.15) is 0 Å². The molecule has 2 saturated heterocycles. The van der Waals surface area contributed by atoms with E-state index in [-0.39, 0.29) is 5.92 Å². The predicted octanol–water partition coefficient (Wildman–Crippen LogP) is 4.36. The molecule has 1 aromatic carbocycles. The molecule has 3 rings (SSSR count).